The molecule has 0 saturated heterocycles. The van der Waals surface area contributed by atoms with Crippen molar-refractivity contribution in [2.45, 2.75) is 54.4 Å². The number of hydrogen-bond acceptors (Lipinski definition) is 6. The van der Waals surface area contributed by atoms with Gasteiger partial charge in [0.1, 0.15) is 4.90 Å². The molecular formula is C26H27N3O3S. The van der Waals surface area contributed by atoms with Gasteiger partial charge in [0.05, 0.1) is 6.61 Å². The summed E-state index contributed by atoms with van der Waals surface area (Å²) in [6.45, 7) is 0.404. The molecule has 2 aromatic heterocycles. The minimum atomic E-state index is -0.193. The number of fused-ring (bicyclic) bond motifs is 1. The fourth-order valence-electron chi connectivity index (χ4n) is 5.80. The largest absolute Gasteiger partial charge is 0.474 e. The molecule has 1 N–H and O–H groups in total. The molecule has 3 aromatic rings. The van der Waals surface area contributed by atoms with Gasteiger partial charge in [0.2, 0.25) is 5.76 Å². The molecule has 1 aromatic carbocycles. The normalized spacial score (nSPS) is 27.1. The van der Waals surface area contributed by atoms with E-state index in [4.69, 9.17) is 9.26 Å². The number of carbonyl (C=O) groups is 1. The summed E-state index contributed by atoms with van der Waals surface area (Å²) in [5, 5.41) is 7.39. The Morgan fingerprint density at radius 1 is 1.18 bits per heavy atom. The number of ether oxygens (including phenoxy) is 1. The smallest absolute Gasteiger partial charge is 0.291 e. The number of carbonyl (C=O) groups excluding carboxylic acids is 1. The van der Waals surface area contributed by atoms with E-state index in [2.05, 4.69) is 15.5 Å². The fourth-order valence-corrected chi connectivity index (χ4v) is 6.74. The highest BCUT2D eigenvalue weighted by molar-refractivity contribution is 7.99. The van der Waals surface area contributed by atoms with Gasteiger partial charge in [-0.3, -0.25) is 9.78 Å². The number of rotatable bonds is 8. The van der Waals surface area contributed by atoms with Gasteiger partial charge < -0.3 is 14.6 Å². The third-order valence-corrected chi connectivity index (χ3v) is 8.64. The third-order valence-electron chi connectivity index (χ3n) is 7.57. The van der Waals surface area contributed by atoms with Gasteiger partial charge in [-0.1, -0.05) is 36.0 Å². The standard InChI is InChI=1S/C26H27N3O3S/c30-24(28-21-9-11-26-15-17(21)14-18(26)16-26)22-23(33-20-7-2-1-3-8-20)25(29-32-22)31-13-10-19-6-4-5-12-27-19/h1-8,12,17-18,21H,9-11,13-16H2,(H,28,30). The van der Waals surface area contributed by atoms with E-state index < -0.39 is 0 Å². The molecule has 0 radical (unpaired) electrons. The third kappa shape index (κ3) is 4.14. The minimum absolute atomic E-state index is 0.193. The Kier molecular flexibility index (Phi) is 5.37. The van der Waals surface area contributed by atoms with Gasteiger partial charge in [0.15, 0.2) is 0 Å². The van der Waals surface area contributed by atoms with Gasteiger partial charge in [0.25, 0.3) is 11.8 Å². The summed E-state index contributed by atoms with van der Waals surface area (Å²) in [4.78, 5) is 19.2. The zero-order valence-electron chi connectivity index (χ0n) is 18.4. The Bertz CT molecular complexity index is 1140. The van der Waals surface area contributed by atoms with Crippen molar-refractivity contribution in [2.75, 3.05) is 6.61 Å². The van der Waals surface area contributed by atoms with Crippen LogP contribution >= 0.6 is 11.8 Å². The summed E-state index contributed by atoms with van der Waals surface area (Å²) in [6.07, 6.45) is 8.66. The van der Waals surface area contributed by atoms with Crippen LogP contribution in [0, 0.1) is 17.3 Å². The van der Waals surface area contributed by atoms with E-state index in [1.807, 2.05) is 48.5 Å². The maximum atomic E-state index is 13.3. The molecule has 3 aliphatic carbocycles. The lowest BCUT2D eigenvalue weighted by molar-refractivity contribution is 0.0858. The van der Waals surface area contributed by atoms with Crippen LogP contribution in [0.5, 0.6) is 5.88 Å². The van der Waals surface area contributed by atoms with Crippen LogP contribution in [0.1, 0.15) is 48.4 Å². The molecule has 3 fully saturated rings. The van der Waals surface area contributed by atoms with Crippen molar-refractivity contribution < 1.29 is 14.1 Å². The SMILES string of the molecule is O=C(NC1CCC23CC1CC2C3)c1onc(OCCc2ccccn2)c1Sc1ccccc1. The van der Waals surface area contributed by atoms with Crippen molar-refractivity contribution in [3.8, 4) is 5.88 Å². The molecule has 1 amide bonds. The fraction of sp³-hybridized carbons (Fsp3) is 0.423. The minimum Gasteiger partial charge on any atom is -0.474 e. The predicted octanol–water partition coefficient (Wildman–Crippen LogP) is 5.15. The maximum Gasteiger partial charge on any atom is 0.291 e. The highest BCUT2D eigenvalue weighted by atomic mass is 32.2. The van der Waals surface area contributed by atoms with Crippen LogP contribution in [-0.2, 0) is 6.42 Å². The molecule has 2 bridgehead atoms. The highest BCUT2D eigenvalue weighted by Gasteiger charge is 2.63. The lowest BCUT2D eigenvalue weighted by Crippen LogP contribution is -2.42. The Balaban J connectivity index is 1.18. The number of nitrogens with one attached hydrogen (secondary N) is 1. The number of pyridine rings is 1. The van der Waals surface area contributed by atoms with E-state index in [1.54, 1.807) is 6.20 Å². The molecule has 4 atom stereocenters. The van der Waals surface area contributed by atoms with Crippen LogP contribution in [0.4, 0.5) is 0 Å². The average Bonchev–Trinajstić information content (AvgIpc) is 3.19. The van der Waals surface area contributed by atoms with Crippen molar-refractivity contribution in [2.24, 2.45) is 17.3 Å². The van der Waals surface area contributed by atoms with E-state index in [1.165, 1.54) is 37.4 Å². The summed E-state index contributed by atoms with van der Waals surface area (Å²) < 4.78 is 11.5. The molecule has 2 heterocycles. The number of aromatic nitrogens is 2. The lowest BCUT2D eigenvalue weighted by Gasteiger charge is -2.32. The summed E-state index contributed by atoms with van der Waals surface area (Å²) in [5.74, 6) is 1.90. The summed E-state index contributed by atoms with van der Waals surface area (Å²) in [6, 6.07) is 16.0. The van der Waals surface area contributed by atoms with E-state index in [9.17, 15) is 4.79 Å². The van der Waals surface area contributed by atoms with Gasteiger partial charge in [-0.25, -0.2) is 0 Å². The highest BCUT2D eigenvalue weighted by Crippen LogP contribution is 2.70. The Hall–Kier alpha value is -2.80. The Morgan fingerprint density at radius 2 is 2.06 bits per heavy atom. The summed E-state index contributed by atoms with van der Waals surface area (Å²) in [7, 11) is 0. The first kappa shape index (κ1) is 20.8. The first-order valence-corrected chi connectivity index (χ1v) is 12.6. The average molecular weight is 462 g/mol. The van der Waals surface area contributed by atoms with Crippen LogP contribution < -0.4 is 10.1 Å². The van der Waals surface area contributed by atoms with Gasteiger partial charge in [0, 0.05) is 29.2 Å². The van der Waals surface area contributed by atoms with Crippen molar-refractivity contribution in [3.63, 3.8) is 0 Å². The van der Waals surface area contributed by atoms with Gasteiger partial charge in [-0.15, -0.1) is 0 Å². The molecule has 3 saturated carbocycles. The zero-order valence-corrected chi connectivity index (χ0v) is 19.2. The van der Waals surface area contributed by atoms with Gasteiger partial charge in [-0.05, 0) is 78.8 Å². The van der Waals surface area contributed by atoms with Crippen molar-refractivity contribution in [1.82, 2.24) is 15.5 Å². The number of benzene rings is 1. The molecule has 6 nitrogen and oxygen atoms in total. The number of nitrogens with zero attached hydrogens (tertiary/aromatic N) is 2. The van der Waals surface area contributed by atoms with E-state index in [0.29, 0.717) is 35.1 Å². The second-order valence-corrected chi connectivity index (χ2v) is 10.6. The van der Waals surface area contributed by atoms with Crippen LogP contribution in [-0.4, -0.2) is 28.7 Å². The molecule has 6 rings (SSSR count). The molecule has 33 heavy (non-hydrogen) atoms. The van der Waals surface area contributed by atoms with Crippen LogP contribution in [0.2, 0.25) is 0 Å². The predicted molar refractivity (Wildman–Crippen MR) is 124 cm³/mol. The molecule has 170 valence electrons. The molecule has 1 spiro atoms. The molecule has 0 aliphatic heterocycles. The summed E-state index contributed by atoms with van der Waals surface area (Å²) >= 11 is 1.45. The number of hydrogen-bond donors (Lipinski definition) is 1. The Morgan fingerprint density at radius 3 is 2.91 bits per heavy atom. The van der Waals surface area contributed by atoms with Crippen molar-refractivity contribution in [3.05, 3.63) is 66.2 Å². The van der Waals surface area contributed by atoms with Crippen LogP contribution in [0.25, 0.3) is 0 Å². The Labute approximate surface area is 197 Å². The second-order valence-electron chi connectivity index (χ2n) is 9.56. The van der Waals surface area contributed by atoms with E-state index in [0.717, 1.165) is 22.9 Å². The first-order chi connectivity index (χ1) is 16.2. The molecule has 3 aliphatic rings. The second kappa shape index (κ2) is 8.52. The molecule has 4 unspecified atom stereocenters. The topological polar surface area (TPSA) is 77.2 Å². The first-order valence-electron chi connectivity index (χ1n) is 11.8. The van der Waals surface area contributed by atoms with Gasteiger partial charge in [-0.2, -0.15) is 0 Å². The van der Waals surface area contributed by atoms with Crippen LogP contribution in [0.15, 0.2) is 69.0 Å². The summed E-state index contributed by atoms with van der Waals surface area (Å²) in [5.41, 5.74) is 1.57. The van der Waals surface area contributed by atoms with Gasteiger partial charge >= 0.3 is 0 Å². The van der Waals surface area contributed by atoms with E-state index in [-0.39, 0.29) is 17.7 Å². The quantitative estimate of drug-likeness (QED) is 0.500. The van der Waals surface area contributed by atoms with Crippen LogP contribution in [0.3, 0.4) is 0 Å². The zero-order chi connectivity index (χ0) is 22.3. The molecule has 7 heteroatoms. The van der Waals surface area contributed by atoms with Crippen molar-refractivity contribution in [1.29, 1.82) is 0 Å². The lowest BCUT2D eigenvalue weighted by atomic mass is 9.80. The monoisotopic (exact) mass is 461 g/mol. The molecular weight excluding hydrogens is 434 g/mol. The van der Waals surface area contributed by atoms with E-state index >= 15 is 0 Å². The maximum absolute atomic E-state index is 13.3. The van der Waals surface area contributed by atoms with Crippen molar-refractivity contribution >= 4 is 17.7 Å². The number of amides is 1.